The van der Waals surface area contributed by atoms with Crippen LogP contribution in [0.25, 0.3) is 0 Å². The van der Waals surface area contributed by atoms with Crippen molar-refractivity contribution in [1.82, 2.24) is 4.90 Å². The van der Waals surface area contributed by atoms with E-state index in [1.807, 2.05) is 52.0 Å². The van der Waals surface area contributed by atoms with E-state index in [4.69, 9.17) is 10.5 Å². The summed E-state index contributed by atoms with van der Waals surface area (Å²) in [5.41, 5.74) is 5.74. The summed E-state index contributed by atoms with van der Waals surface area (Å²) < 4.78 is 6.60. The van der Waals surface area contributed by atoms with Gasteiger partial charge < -0.3 is 15.4 Å². The molecule has 0 bridgehead atoms. The molecule has 1 aromatic rings. The van der Waals surface area contributed by atoms with Crippen molar-refractivity contribution >= 4 is 46.2 Å². The Hall–Kier alpha value is -1.84. The minimum absolute atomic E-state index is 0.139. The predicted octanol–water partition coefficient (Wildman–Crippen LogP) is 3.75. The van der Waals surface area contributed by atoms with Crippen molar-refractivity contribution in [3.8, 4) is 0 Å². The van der Waals surface area contributed by atoms with E-state index in [0.29, 0.717) is 25.2 Å². The van der Waals surface area contributed by atoms with E-state index < -0.39 is 11.1 Å². The number of amidine groups is 1. The van der Waals surface area contributed by atoms with Crippen LogP contribution in [0.15, 0.2) is 29.3 Å². The summed E-state index contributed by atoms with van der Waals surface area (Å²) in [5.74, 6) is 0.321. The number of anilines is 1. The summed E-state index contributed by atoms with van der Waals surface area (Å²) in [6, 6.07) is 7.21. The average molecular weight is 484 g/mol. The van der Waals surface area contributed by atoms with Gasteiger partial charge in [-0.2, -0.15) is 4.99 Å². The lowest BCUT2D eigenvalue weighted by Gasteiger charge is -2.47. The first-order valence-electron chi connectivity index (χ1n) is 8.97. The number of rotatable bonds is 1. The lowest BCUT2D eigenvalue weighted by molar-refractivity contribution is 0.00855. The maximum absolute atomic E-state index is 12.6. The fourth-order valence-corrected chi connectivity index (χ4v) is 4.12. The molecule has 2 atom stereocenters. The number of likely N-dealkylation sites (tertiary alicyclic amines) is 1. The van der Waals surface area contributed by atoms with Crippen LogP contribution in [-0.2, 0) is 4.74 Å². The second kappa shape index (κ2) is 6.96. The first-order valence-corrected chi connectivity index (χ1v) is 10.1. The summed E-state index contributed by atoms with van der Waals surface area (Å²) in [6.45, 7) is 7.94. The molecule has 3 amide bonds. The number of nitrogens with zero attached hydrogens (tertiary/aromatic N) is 3. The summed E-state index contributed by atoms with van der Waals surface area (Å²) >= 11 is 2.22. The molecule has 2 aliphatic rings. The maximum Gasteiger partial charge on any atom is 0.410 e. The number of ether oxygens (including phenoxy) is 1. The Morgan fingerprint density at radius 3 is 2.52 bits per heavy atom. The zero-order chi connectivity index (χ0) is 20.0. The van der Waals surface area contributed by atoms with Crippen LogP contribution in [-0.4, -0.2) is 46.6 Å². The van der Waals surface area contributed by atoms with Gasteiger partial charge in [0.15, 0.2) is 0 Å². The van der Waals surface area contributed by atoms with Gasteiger partial charge in [-0.25, -0.2) is 9.59 Å². The third kappa shape index (κ3) is 3.76. The quantitative estimate of drug-likeness (QED) is 0.616. The number of hydrogen-bond donors (Lipinski definition) is 1. The van der Waals surface area contributed by atoms with Crippen molar-refractivity contribution in [2.75, 3.05) is 11.4 Å². The number of piperidine rings is 1. The van der Waals surface area contributed by atoms with Crippen LogP contribution >= 0.6 is 22.6 Å². The van der Waals surface area contributed by atoms with Crippen molar-refractivity contribution in [3.63, 3.8) is 0 Å². The summed E-state index contributed by atoms with van der Waals surface area (Å²) in [6.07, 6.45) is 0.689. The Morgan fingerprint density at radius 1 is 1.33 bits per heavy atom. The van der Waals surface area contributed by atoms with Crippen molar-refractivity contribution in [1.29, 1.82) is 0 Å². The topological polar surface area (TPSA) is 88.2 Å². The van der Waals surface area contributed by atoms with E-state index in [1.54, 1.807) is 9.80 Å². The fourth-order valence-electron chi connectivity index (χ4n) is 3.76. The maximum atomic E-state index is 12.6. The van der Waals surface area contributed by atoms with Gasteiger partial charge in [-0.05, 0) is 87.4 Å². The smallest absolute Gasteiger partial charge is 0.410 e. The second-order valence-electron chi connectivity index (χ2n) is 8.10. The molecule has 27 heavy (non-hydrogen) atoms. The van der Waals surface area contributed by atoms with Crippen molar-refractivity contribution < 1.29 is 14.3 Å². The Labute approximate surface area is 173 Å². The number of nitrogens with two attached hydrogens (primary N) is 1. The zero-order valence-electron chi connectivity index (χ0n) is 16.0. The molecule has 0 aliphatic carbocycles. The molecular weight excluding hydrogens is 459 g/mol. The summed E-state index contributed by atoms with van der Waals surface area (Å²) in [4.78, 5) is 32.6. The lowest BCUT2D eigenvalue weighted by Crippen LogP contribution is -2.63. The molecule has 1 fully saturated rings. The number of urea groups is 1. The largest absolute Gasteiger partial charge is 0.444 e. The van der Waals surface area contributed by atoms with Gasteiger partial charge in [-0.3, -0.25) is 4.90 Å². The van der Waals surface area contributed by atoms with Gasteiger partial charge in [0.05, 0.1) is 0 Å². The molecule has 2 N–H and O–H groups in total. The SMILES string of the molecule is C[C@H]1C[C@]2(CCN1C(=O)OC(C)(C)C)C(N)=NC(=O)N2c1ccc(I)cc1. The number of halogens is 1. The van der Waals surface area contributed by atoms with Crippen LogP contribution < -0.4 is 10.6 Å². The normalized spacial score (nSPS) is 25.7. The molecule has 2 aliphatic heterocycles. The van der Waals surface area contributed by atoms with Gasteiger partial charge in [-0.15, -0.1) is 0 Å². The monoisotopic (exact) mass is 484 g/mol. The third-order valence-electron chi connectivity index (χ3n) is 4.96. The van der Waals surface area contributed by atoms with Gasteiger partial charge in [0.1, 0.15) is 17.0 Å². The van der Waals surface area contributed by atoms with Crippen LogP contribution in [0, 0.1) is 3.57 Å². The van der Waals surface area contributed by atoms with E-state index in [9.17, 15) is 9.59 Å². The number of carbonyl (C=O) groups is 2. The highest BCUT2D eigenvalue weighted by Gasteiger charge is 2.53. The highest BCUT2D eigenvalue weighted by atomic mass is 127. The van der Waals surface area contributed by atoms with Crippen LogP contribution in [0.3, 0.4) is 0 Å². The molecule has 2 heterocycles. The van der Waals surface area contributed by atoms with Gasteiger partial charge in [0.25, 0.3) is 0 Å². The molecule has 0 radical (unpaired) electrons. The minimum Gasteiger partial charge on any atom is -0.444 e. The highest BCUT2D eigenvalue weighted by molar-refractivity contribution is 14.1. The summed E-state index contributed by atoms with van der Waals surface area (Å²) in [7, 11) is 0. The van der Waals surface area contributed by atoms with Gasteiger partial charge in [0.2, 0.25) is 0 Å². The molecule has 1 aromatic carbocycles. The Morgan fingerprint density at radius 2 is 1.96 bits per heavy atom. The van der Waals surface area contributed by atoms with Crippen LogP contribution in [0.2, 0.25) is 0 Å². The Kier molecular flexibility index (Phi) is 5.13. The number of hydrogen-bond acceptors (Lipinski definition) is 4. The van der Waals surface area contributed by atoms with Crippen molar-refractivity contribution in [3.05, 3.63) is 27.8 Å². The first-order chi connectivity index (χ1) is 12.5. The van der Waals surface area contributed by atoms with E-state index in [1.165, 1.54) is 0 Å². The highest BCUT2D eigenvalue weighted by Crippen LogP contribution is 2.40. The molecule has 8 heteroatoms. The molecule has 146 valence electrons. The molecule has 1 saturated heterocycles. The van der Waals surface area contributed by atoms with Crippen molar-refractivity contribution in [2.24, 2.45) is 10.7 Å². The van der Waals surface area contributed by atoms with E-state index in [-0.39, 0.29) is 18.2 Å². The molecule has 3 rings (SSSR count). The number of amides is 3. The minimum atomic E-state index is -0.707. The average Bonchev–Trinajstić information content (AvgIpc) is 2.77. The lowest BCUT2D eigenvalue weighted by atomic mass is 9.81. The second-order valence-corrected chi connectivity index (χ2v) is 9.35. The van der Waals surface area contributed by atoms with Crippen LogP contribution in [0.1, 0.15) is 40.5 Å². The van der Waals surface area contributed by atoms with Gasteiger partial charge in [0, 0.05) is 21.8 Å². The third-order valence-corrected chi connectivity index (χ3v) is 5.68. The van der Waals surface area contributed by atoms with Crippen LogP contribution in [0.5, 0.6) is 0 Å². The van der Waals surface area contributed by atoms with Gasteiger partial charge in [-0.1, -0.05) is 0 Å². The van der Waals surface area contributed by atoms with Crippen LogP contribution in [0.4, 0.5) is 15.3 Å². The molecule has 0 saturated carbocycles. The van der Waals surface area contributed by atoms with Crippen molar-refractivity contribution in [2.45, 2.75) is 57.7 Å². The molecular formula is C19H25IN4O3. The molecule has 0 unspecified atom stereocenters. The number of benzene rings is 1. The number of carbonyl (C=O) groups excluding carboxylic acids is 2. The van der Waals surface area contributed by atoms with E-state index in [0.717, 1.165) is 9.26 Å². The fraction of sp³-hybridized carbons (Fsp3) is 0.526. The molecule has 1 spiro atoms. The van der Waals surface area contributed by atoms with E-state index in [2.05, 4.69) is 27.6 Å². The predicted molar refractivity (Wildman–Crippen MR) is 113 cm³/mol. The Balaban J connectivity index is 1.87. The first kappa shape index (κ1) is 19.9. The molecule has 7 nitrogen and oxygen atoms in total. The Bertz CT molecular complexity index is 787. The van der Waals surface area contributed by atoms with E-state index >= 15 is 0 Å². The standard InChI is InChI=1S/C19H25IN4O3/c1-12-11-19(9-10-23(12)17(26)27-18(2,3)4)15(21)22-16(25)24(19)14-7-5-13(20)6-8-14/h5-8,12H,9-11H2,1-4H3,(H2,21,22,25)/t12-,19+/m0/s1. The summed E-state index contributed by atoms with van der Waals surface area (Å²) in [5, 5.41) is 0. The number of aliphatic imine (C=N–C) groups is 1. The van der Waals surface area contributed by atoms with Gasteiger partial charge >= 0.3 is 12.1 Å². The molecule has 0 aromatic heterocycles. The zero-order valence-corrected chi connectivity index (χ0v) is 18.2.